The minimum absolute atomic E-state index is 0.116. The maximum atomic E-state index is 12.9. The molecule has 35 heavy (non-hydrogen) atoms. The Balaban J connectivity index is 1.65. The lowest BCUT2D eigenvalue weighted by Gasteiger charge is -2.41. The van der Waals surface area contributed by atoms with Crippen molar-refractivity contribution < 1.29 is 28.6 Å². The molecule has 1 aliphatic rings. The molecule has 1 aromatic carbocycles. The van der Waals surface area contributed by atoms with Gasteiger partial charge in [0.05, 0.1) is 18.8 Å². The fourth-order valence-corrected chi connectivity index (χ4v) is 3.63. The highest BCUT2D eigenvalue weighted by Crippen LogP contribution is 2.19. The van der Waals surface area contributed by atoms with E-state index in [2.05, 4.69) is 10.3 Å². The first kappa shape index (κ1) is 26.0. The van der Waals surface area contributed by atoms with E-state index < -0.39 is 23.8 Å². The van der Waals surface area contributed by atoms with Crippen molar-refractivity contribution in [1.29, 1.82) is 0 Å². The van der Waals surface area contributed by atoms with Gasteiger partial charge in [0.1, 0.15) is 12.2 Å². The van der Waals surface area contributed by atoms with Crippen LogP contribution in [0.25, 0.3) is 0 Å². The monoisotopic (exact) mass is 487 g/mol. The SMILES string of the molecule is CCOC(=O)c1cn(CC[C@@H]2CN(C(=O)OCc3ccccc3)CCN2C(=O)OC(C)(C)C)nn1. The molecule has 0 saturated carbocycles. The first-order valence-electron chi connectivity index (χ1n) is 11.7. The first-order valence-corrected chi connectivity index (χ1v) is 11.7. The van der Waals surface area contributed by atoms with Crippen molar-refractivity contribution >= 4 is 18.2 Å². The Morgan fingerprint density at radius 1 is 1.06 bits per heavy atom. The number of esters is 1. The van der Waals surface area contributed by atoms with E-state index in [1.807, 2.05) is 51.1 Å². The summed E-state index contributed by atoms with van der Waals surface area (Å²) in [5, 5.41) is 7.82. The minimum atomic E-state index is -0.645. The van der Waals surface area contributed by atoms with Crippen molar-refractivity contribution in [3.8, 4) is 0 Å². The second-order valence-corrected chi connectivity index (χ2v) is 9.19. The van der Waals surface area contributed by atoms with Crippen LogP contribution in [-0.2, 0) is 27.4 Å². The van der Waals surface area contributed by atoms with Gasteiger partial charge < -0.3 is 24.0 Å². The number of ether oxygens (including phenoxy) is 3. The fraction of sp³-hybridized carbons (Fsp3) is 0.542. The molecule has 2 aromatic rings. The standard InChI is InChI=1S/C24H33N5O6/c1-5-33-21(30)20-16-28(26-25-20)12-11-19-15-27(13-14-29(19)23(32)35-24(2,3)4)22(31)34-17-18-9-7-6-8-10-18/h6-10,16,19H,5,11-15,17H2,1-4H3/t19-/m1/s1. The highest BCUT2D eigenvalue weighted by Gasteiger charge is 2.35. The highest BCUT2D eigenvalue weighted by atomic mass is 16.6. The summed E-state index contributed by atoms with van der Waals surface area (Å²) in [5.74, 6) is -0.542. The molecule has 1 fully saturated rings. The Hall–Kier alpha value is -3.63. The van der Waals surface area contributed by atoms with Gasteiger partial charge in [-0.25, -0.2) is 14.4 Å². The van der Waals surface area contributed by atoms with E-state index in [1.54, 1.807) is 16.7 Å². The van der Waals surface area contributed by atoms with E-state index in [4.69, 9.17) is 14.2 Å². The summed E-state index contributed by atoms with van der Waals surface area (Å²) < 4.78 is 17.5. The van der Waals surface area contributed by atoms with Crippen LogP contribution in [0.3, 0.4) is 0 Å². The van der Waals surface area contributed by atoms with E-state index in [9.17, 15) is 14.4 Å². The molecule has 190 valence electrons. The molecule has 0 N–H and O–H groups in total. The molecule has 11 heteroatoms. The van der Waals surface area contributed by atoms with Crippen molar-refractivity contribution in [2.75, 3.05) is 26.2 Å². The summed E-state index contributed by atoms with van der Waals surface area (Å²) in [6.45, 7) is 8.87. The number of aryl methyl sites for hydroxylation is 1. The lowest BCUT2D eigenvalue weighted by molar-refractivity contribution is -0.00516. The number of hydrogen-bond donors (Lipinski definition) is 0. The number of piperazine rings is 1. The zero-order valence-corrected chi connectivity index (χ0v) is 20.7. The van der Waals surface area contributed by atoms with E-state index in [0.717, 1.165) is 5.56 Å². The molecule has 0 spiro atoms. The van der Waals surface area contributed by atoms with Gasteiger partial charge in [0.25, 0.3) is 0 Å². The highest BCUT2D eigenvalue weighted by molar-refractivity contribution is 5.86. The molecule has 11 nitrogen and oxygen atoms in total. The van der Waals surface area contributed by atoms with Gasteiger partial charge >= 0.3 is 18.2 Å². The summed E-state index contributed by atoms with van der Waals surface area (Å²) in [4.78, 5) is 40.7. The Kier molecular flexibility index (Phi) is 8.67. The van der Waals surface area contributed by atoms with E-state index in [1.165, 1.54) is 10.9 Å². The number of benzene rings is 1. The molecular formula is C24H33N5O6. The van der Waals surface area contributed by atoms with Gasteiger partial charge in [-0.2, -0.15) is 0 Å². The summed E-state index contributed by atoms with van der Waals surface area (Å²) >= 11 is 0. The van der Waals surface area contributed by atoms with E-state index in [0.29, 0.717) is 26.1 Å². The third-order valence-electron chi connectivity index (χ3n) is 5.29. The normalized spacial score (nSPS) is 16.1. The van der Waals surface area contributed by atoms with Crippen LogP contribution >= 0.6 is 0 Å². The molecule has 2 heterocycles. The van der Waals surface area contributed by atoms with Crippen molar-refractivity contribution in [3.63, 3.8) is 0 Å². The van der Waals surface area contributed by atoms with Gasteiger partial charge in [-0.3, -0.25) is 4.68 Å². The van der Waals surface area contributed by atoms with Crippen molar-refractivity contribution in [2.45, 2.75) is 58.9 Å². The van der Waals surface area contributed by atoms with Crippen LogP contribution in [-0.4, -0.2) is 80.8 Å². The molecule has 1 aromatic heterocycles. The van der Waals surface area contributed by atoms with Crippen molar-refractivity contribution in [2.24, 2.45) is 0 Å². The summed E-state index contributed by atoms with van der Waals surface area (Å²) in [5.41, 5.74) is 0.368. The average molecular weight is 488 g/mol. The second kappa shape index (κ2) is 11.7. The van der Waals surface area contributed by atoms with Gasteiger partial charge in [0, 0.05) is 26.2 Å². The molecule has 1 saturated heterocycles. The van der Waals surface area contributed by atoms with Crippen LogP contribution in [0.5, 0.6) is 0 Å². The molecule has 0 unspecified atom stereocenters. The number of carbonyl (C=O) groups is 3. The molecule has 1 aliphatic heterocycles. The van der Waals surface area contributed by atoms with Crippen LogP contribution < -0.4 is 0 Å². The zero-order valence-electron chi connectivity index (χ0n) is 20.7. The van der Waals surface area contributed by atoms with Crippen LogP contribution in [0, 0.1) is 0 Å². The number of carbonyl (C=O) groups excluding carboxylic acids is 3. The Morgan fingerprint density at radius 3 is 2.49 bits per heavy atom. The van der Waals surface area contributed by atoms with E-state index in [-0.39, 0.29) is 31.5 Å². The maximum absolute atomic E-state index is 12.9. The van der Waals surface area contributed by atoms with Crippen LogP contribution in [0.15, 0.2) is 36.5 Å². The van der Waals surface area contributed by atoms with E-state index >= 15 is 0 Å². The molecule has 0 radical (unpaired) electrons. The minimum Gasteiger partial charge on any atom is -0.461 e. The van der Waals surface area contributed by atoms with Crippen LogP contribution in [0.1, 0.15) is 50.2 Å². The third kappa shape index (κ3) is 7.69. The van der Waals surface area contributed by atoms with Gasteiger partial charge in [-0.15, -0.1) is 5.10 Å². The predicted molar refractivity (Wildman–Crippen MR) is 126 cm³/mol. The van der Waals surface area contributed by atoms with Gasteiger partial charge in [0.2, 0.25) is 0 Å². The smallest absolute Gasteiger partial charge is 0.410 e. The molecule has 2 amide bonds. The number of nitrogens with zero attached hydrogens (tertiary/aromatic N) is 5. The predicted octanol–water partition coefficient (Wildman–Crippen LogP) is 3.10. The first-order chi connectivity index (χ1) is 16.7. The maximum Gasteiger partial charge on any atom is 0.410 e. The van der Waals surface area contributed by atoms with Gasteiger partial charge in [0.15, 0.2) is 5.69 Å². The Bertz CT molecular complexity index is 1000. The quantitative estimate of drug-likeness (QED) is 0.432. The second-order valence-electron chi connectivity index (χ2n) is 9.19. The van der Waals surface area contributed by atoms with Gasteiger partial charge in [-0.1, -0.05) is 35.5 Å². The molecule has 3 rings (SSSR count). The summed E-state index contributed by atoms with van der Waals surface area (Å²) in [6, 6.07) is 9.11. The fourth-order valence-electron chi connectivity index (χ4n) is 3.63. The van der Waals surface area contributed by atoms with Crippen molar-refractivity contribution in [1.82, 2.24) is 24.8 Å². The average Bonchev–Trinajstić information content (AvgIpc) is 3.30. The number of hydrogen-bond acceptors (Lipinski definition) is 8. The lowest BCUT2D eigenvalue weighted by Crippen LogP contribution is -2.57. The Labute approximate surface area is 204 Å². The summed E-state index contributed by atoms with van der Waals surface area (Å²) in [7, 11) is 0. The van der Waals surface area contributed by atoms with Gasteiger partial charge in [-0.05, 0) is 39.7 Å². The van der Waals surface area contributed by atoms with Crippen LogP contribution in [0.4, 0.5) is 9.59 Å². The molecular weight excluding hydrogens is 454 g/mol. The molecule has 0 aliphatic carbocycles. The lowest BCUT2D eigenvalue weighted by atomic mass is 10.1. The Morgan fingerprint density at radius 2 is 1.80 bits per heavy atom. The topological polar surface area (TPSA) is 116 Å². The van der Waals surface area contributed by atoms with Crippen LogP contribution in [0.2, 0.25) is 0 Å². The number of rotatable bonds is 7. The third-order valence-corrected chi connectivity index (χ3v) is 5.29. The summed E-state index contributed by atoms with van der Waals surface area (Å²) in [6.07, 6.45) is 1.09. The largest absolute Gasteiger partial charge is 0.461 e. The zero-order chi connectivity index (χ0) is 25.4. The molecule has 1 atom stereocenters. The molecule has 0 bridgehead atoms. The van der Waals surface area contributed by atoms with Crippen molar-refractivity contribution in [3.05, 3.63) is 47.8 Å². The number of amides is 2. The number of aromatic nitrogens is 3.